The molecule has 0 spiro atoms. The summed E-state index contributed by atoms with van der Waals surface area (Å²) in [5.41, 5.74) is -2.41. The fourth-order valence-corrected chi connectivity index (χ4v) is 1.71. The van der Waals surface area contributed by atoms with Gasteiger partial charge in [-0.15, -0.1) is 0 Å². The van der Waals surface area contributed by atoms with E-state index in [1.807, 2.05) is 96.9 Å². The molecule has 0 amide bonds. The van der Waals surface area contributed by atoms with E-state index in [1.54, 1.807) is 0 Å². The van der Waals surface area contributed by atoms with Crippen molar-refractivity contribution in [1.29, 1.82) is 0 Å². The van der Waals surface area contributed by atoms with E-state index in [2.05, 4.69) is 0 Å². The van der Waals surface area contributed by atoms with E-state index in [9.17, 15) is 0 Å². The third-order valence-electron chi connectivity index (χ3n) is 2.98. The fraction of sp³-hybridized carbons (Fsp3) is 0.909. The lowest BCUT2D eigenvalue weighted by atomic mass is 9.84. The Labute approximate surface area is 172 Å². The van der Waals surface area contributed by atoms with Crippen LogP contribution in [-0.4, -0.2) is 23.4 Å². The Morgan fingerprint density at radius 3 is 1.18 bits per heavy atom. The molecule has 0 fully saturated rings. The molecule has 0 aromatic carbocycles. The fourth-order valence-electron chi connectivity index (χ4n) is 1.71. The normalized spacial score (nSPS) is 15.4. The van der Waals surface area contributed by atoms with Crippen LogP contribution in [-0.2, 0) is 29.3 Å². The highest BCUT2D eigenvalue weighted by Crippen LogP contribution is 2.40. The van der Waals surface area contributed by atoms with Gasteiger partial charge in [0.05, 0.1) is 17.6 Å². The van der Waals surface area contributed by atoms with Gasteiger partial charge in [-0.3, -0.25) is 0 Å². The zero-order valence-corrected chi connectivity index (χ0v) is 20.7. The van der Waals surface area contributed by atoms with Gasteiger partial charge in [-0.25, -0.2) is 9.78 Å². The standard InChI is InChI=1S/C22H44O6/c1-18(2,3)16(24-27-20(7,8)9)17(25-28-21(10,11)12)22(13,14)15-23-26-19(4,5)6/h15H2,1-14H3. The summed E-state index contributed by atoms with van der Waals surface area (Å²) in [5.74, 6) is 1.03. The Bertz CT molecular complexity index is 507. The monoisotopic (exact) mass is 404 g/mol. The maximum absolute atomic E-state index is 5.85. The second kappa shape index (κ2) is 9.33. The number of allylic oxidation sites excluding steroid dienone is 1. The molecule has 0 N–H and O–H groups in total. The Balaban J connectivity index is 5.94. The van der Waals surface area contributed by atoms with Gasteiger partial charge < -0.3 is 9.78 Å². The molecule has 0 aliphatic carbocycles. The van der Waals surface area contributed by atoms with Crippen LogP contribution >= 0.6 is 0 Å². The zero-order valence-electron chi connectivity index (χ0n) is 20.7. The van der Waals surface area contributed by atoms with E-state index in [1.165, 1.54) is 0 Å². The van der Waals surface area contributed by atoms with Crippen LogP contribution in [0.3, 0.4) is 0 Å². The third kappa shape index (κ3) is 11.9. The van der Waals surface area contributed by atoms with Gasteiger partial charge in [0.2, 0.25) is 0 Å². The van der Waals surface area contributed by atoms with Gasteiger partial charge in [0.25, 0.3) is 0 Å². The van der Waals surface area contributed by atoms with Crippen molar-refractivity contribution in [3.8, 4) is 0 Å². The van der Waals surface area contributed by atoms with Crippen molar-refractivity contribution in [2.45, 2.75) is 114 Å². The largest absolute Gasteiger partial charge is 0.337 e. The molecule has 0 aliphatic heterocycles. The highest BCUT2D eigenvalue weighted by molar-refractivity contribution is 5.15. The number of hydrogen-bond donors (Lipinski definition) is 0. The Morgan fingerprint density at radius 2 is 0.857 bits per heavy atom. The van der Waals surface area contributed by atoms with Gasteiger partial charge in [0, 0.05) is 5.41 Å². The Kier molecular flexibility index (Phi) is 9.06. The zero-order chi connectivity index (χ0) is 22.6. The first-order valence-corrected chi connectivity index (χ1v) is 9.91. The predicted octanol–water partition coefficient (Wildman–Crippen LogP) is 6.51. The molecule has 6 nitrogen and oxygen atoms in total. The molecule has 0 saturated heterocycles. The summed E-state index contributed by atoms with van der Waals surface area (Å²) in [7, 11) is 0. The summed E-state index contributed by atoms with van der Waals surface area (Å²) in [4.78, 5) is 33.9. The highest BCUT2D eigenvalue weighted by atomic mass is 17.2. The van der Waals surface area contributed by atoms with Gasteiger partial charge in [-0.05, 0) is 62.3 Å². The Hall–Kier alpha value is -0.820. The molecule has 0 radical (unpaired) electrons. The topological polar surface area (TPSA) is 55.4 Å². The molecule has 168 valence electrons. The molecule has 0 bridgehead atoms. The summed E-state index contributed by atoms with van der Waals surface area (Å²) in [6, 6.07) is 0. The molecule has 6 heteroatoms. The second-order valence-corrected chi connectivity index (χ2v) is 11.8. The molecule has 0 aliphatic rings. The predicted molar refractivity (Wildman–Crippen MR) is 111 cm³/mol. The lowest BCUT2D eigenvalue weighted by molar-refractivity contribution is -0.374. The minimum absolute atomic E-state index is 0.242. The van der Waals surface area contributed by atoms with Crippen LogP contribution in [0, 0.1) is 10.8 Å². The SMILES string of the molecule is CC(C)(C)OOCC(C)(C)C(OOC(C)(C)C)=C(OOC(C)(C)C)C(C)(C)C. The summed E-state index contributed by atoms with van der Waals surface area (Å²) < 4.78 is 0. The maximum Gasteiger partial charge on any atom is 0.192 e. The van der Waals surface area contributed by atoms with Gasteiger partial charge in [-0.2, -0.15) is 9.78 Å². The molecule has 0 unspecified atom stereocenters. The van der Waals surface area contributed by atoms with E-state index in [0.29, 0.717) is 11.5 Å². The van der Waals surface area contributed by atoms with E-state index in [4.69, 9.17) is 29.3 Å². The van der Waals surface area contributed by atoms with Crippen LogP contribution in [0.1, 0.15) is 96.9 Å². The van der Waals surface area contributed by atoms with E-state index >= 15 is 0 Å². The van der Waals surface area contributed by atoms with Crippen LogP contribution in [0.4, 0.5) is 0 Å². The lowest BCUT2D eigenvalue weighted by Gasteiger charge is -2.34. The molecule has 0 rings (SSSR count). The first-order valence-electron chi connectivity index (χ1n) is 9.91. The van der Waals surface area contributed by atoms with Crippen LogP contribution in [0.5, 0.6) is 0 Å². The van der Waals surface area contributed by atoms with Crippen molar-refractivity contribution in [2.24, 2.45) is 10.8 Å². The molecule has 0 atom stereocenters. The van der Waals surface area contributed by atoms with Crippen molar-refractivity contribution in [3.05, 3.63) is 11.5 Å². The first-order chi connectivity index (χ1) is 12.1. The van der Waals surface area contributed by atoms with Gasteiger partial charge >= 0.3 is 0 Å². The first kappa shape index (κ1) is 27.2. The highest BCUT2D eigenvalue weighted by Gasteiger charge is 2.39. The molecule has 0 heterocycles. The summed E-state index contributed by atoms with van der Waals surface area (Å²) in [6.07, 6.45) is 0. The maximum atomic E-state index is 5.85. The van der Waals surface area contributed by atoms with E-state index in [0.717, 1.165) is 0 Å². The van der Waals surface area contributed by atoms with Crippen molar-refractivity contribution >= 4 is 0 Å². The summed E-state index contributed by atoms with van der Waals surface area (Å²) in [5, 5.41) is 0. The van der Waals surface area contributed by atoms with Crippen molar-refractivity contribution in [2.75, 3.05) is 6.61 Å². The van der Waals surface area contributed by atoms with Gasteiger partial charge in [0.15, 0.2) is 11.5 Å². The molecule has 0 aromatic rings. The van der Waals surface area contributed by atoms with Crippen molar-refractivity contribution in [1.82, 2.24) is 0 Å². The van der Waals surface area contributed by atoms with Crippen LogP contribution in [0.2, 0.25) is 0 Å². The van der Waals surface area contributed by atoms with Crippen LogP contribution < -0.4 is 0 Å². The minimum Gasteiger partial charge on any atom is -0.337 e. The quantitative estimate of drug-likeness (QED) is 0.261. The third-order valence-corrected chi connectivity index (χ3v) is 2.98. The lowest BCUT2D eigenvalue weighted by Crippen LogP contribution is -2.33. The Morgan fingerprint density at radius 1 is 0.500 bits per heavy atom. The van der Waals surface area contributed by atoms with Crippen LogP contribution in [0.25, 0.3) is 0 Å². The summed E-state index contributed by atoms with van der Waals surface area (Å²) >= 11 is 0. The van der Waals surface area contributed by atoms with E-state index in [-0.39, 0.29) is 6.61 Å². The molecular formula is C22H44O6. The molecule has 0 aromatic heterocycles. The number of rotatable bonds is 8. The average Bonchev–Trinajstić information content (AvgIpc) is 2.36. The molecular weight excluding hydrogens is 360 g/mol. The molecule has 28 heavy (non-hydrogen) atoms. The molecule has 0 saturated carbocycles. The van der Waals surface area contributed by atoms with E-state index < -0.39 is 27.6 Å². The summed E-state index contributed by atoms with van der Waals surface area (Å²) in [6.45, 7) is 27.6. The van der Waals surface area contributed by atoms with Gasteiger partial charge in [0.1, 0.15) is 11.2 Å². The average molecular weight is 405 g/mol. The van der Waals surface area contributed by atoms with Crippen molar-refractivity contribution in [3.63, 3.8) is 0 Å². The smallest absolute Gasteiger partial charge is 0.192 e. The van der Waals surface area contributed by atoms with Crippen LogP contribution in [0.15, 0.2) is 11.5 Å². The minimum atomic E-state index is -0.611. The number of hydrogen-bond acceptors (Lipinski definition) is 6. The second-order valence-electron chi connectivity index (χ2n) is 11.8. The van der Waals surface area contributed by atoms with Gasteiger partial charge in [-0.1, -0.05) is 34.6 Å². The van der Waals surface area contributed by atoms with Crippen molar-refractivity contribution < 1.29 is 29.3 Å².